The Bertz CT molecular complexity index is 651. The van der Waals surface area contributed by atoms with E-state index in [4.69, 9.17) is 5.73 Å². The van der Waals surface area contributed by atoms with Crippen LogP contribution in [0, 0.1) is 11.8 Å². The Labute approximate surface area is 139 Å². The summed E-state index contributed by atoms with van der Waals surface area (Å²) in [4.78, 5) is 14.4. The molecule has 1 heterocycles. The largest absolute Gasteiger partial charge is 0.366 e. The Kier molecular flexibility index (Phi) is 3.35. The summed E-state index contributed by atoms with van der Waals surface area (Å²) in [7, 11) is 0. The van der Waals surface area contributed by atoms with Crippen LogP contribution in [-0.2, 0) is 11.8 Å². The Hall–Kier alpha value is -1.35. The molecule has 23 heavy (non-hydrogen) atoms. The van der Waals surface area contributed by atoms with Gasteiger partial charge in [-0.15, -0.1) is 0 Å². The average Bonchev–Trinajstić information content (AvgIpc) is 3.34. The maximum Gasteiger partial charge on any atom is 0.248 e. The molecular weight excluding hydrogens is 284 g/mol. The smallest absolute Gasteiger partial charge is 0.248 e. The molecular formula is C20H28N2O. The Morgan fingerprint density at radius 3 is 2.78 bits per heavy atom. The molecule has 4 rings (SSSR count). The first-order valence-corrected chi connectivity index (χ1v) is 9.11. The number of likely N-dealkylation sites (tertiary alicyclic amines) is 1. The third kappa shape index (κ3) is 2.24. The Balaban J connectivity index is 1.73. The zero-order valence-electron chi connectivity index (χ0n) is 14.5. The molecule has 1 aromatic carbocycles. The van der Waals surface area contributed by atoms with E-state index in [9.17, 15) is 4.79 Å². The zero-order chi connectivity index (χ0) is 16.4. The van der Waals surface area contributed by atoms with Gasteiger partial charge in [0.05, 0.1) is 0 Å². The standard InChI is InChI=1S/C20H28N2O/c1-12-18-11-15-6-7-16(19(21)23)10-17(15)20(12,3)8-9-22(18)13(2)14-4-5-14/h6-7,10,12-14,18H,4-5,8-9,11H2,1-3H3,(H2,21,23)/t12-,13-,18?,20-/m0/s1. The van der Waals surface area contributed by atoms with Gasteiger partial charge < -0.3 is 5.73 Å². The molecule has 1 saturated heterocycles. The fourth-order valence-electron chi connectivity index (χ4n) is 5.16. The summed E-state index contributed by atoms with van der Waals surface area (Å²) in [6, 6.07) is 7.49. The monoisotopic (exact) mass is 312 g/mol. The highest BCUT2D eigenvalue weighted by Gasteiger charge is 2.50. The fraction of sp³-hybridized carbons (Fsp3) is 0.650. The van der Waals surface area contributed by atoms with Crippen LogP contribution in [0.25, 0.3) is 0 Å². The van der Waals surface area contributed by atoms with Gasteiger partial charge in [0.2, 0.25) is 5.91 Å². The van der Waals surface area contributed by atoms with Crippen molar-refractivity contribution in [3.05, 3.63) is 34.9 Å². The number of hydrogen-bond acceptors (Lipinski definition) is 2. The molecule has 0 aromatic heterocycles. The van der Waals surface area contributed by atoms with Gasteiger partial charge in [0.25, 0.3) is 0 Å². The van der Waals surface area contributed by atoms with Crippen LogP contribution in [0.3, 0.4) is 0 Å². The van der Waals surface area contributed by atoms with E-state index in [1.54, 1.807) is 0 Å². The van der Waals surface area contributed by atoms with Gasteiger partial charge in [0.1, 0.15) is 0 Å². The predicted octanol–water partition coefficient (Wildman–Crippen LogP) is 3.11. The highest BCUT2D eigenvalue weighted by molar-refractivity contribution is 5.93. The maximum atomic E-state index is 11.6. The van der Waals surface area contributed by atoms with Crippen molar-refractivity contribution < 1.29 is 4.79 Å². The highest BCUT2D eigenvalue weighted by atomic mass is 16.1. The van der Waals surface area contributed by atoms with Crippen molar-refractivity contribution >= 4 is 5.91 Å². The number of amides is 1. The van der Waals surface area contributed by atoms with Gasteiger partial charge >= 0.3 is 0 Å². The van der Waals surface area contributed by atoms with Crippen molar-refractivity contribution in [3.8, 4) is 0 Å². The summed E-state index contributed by atoms with van der Waals surface area (Å²) < 4.78 is 0. The minimum Gasteiger partial charge on any atom is -0.366 e. The lowest BCUT2D eigenvalue weighted by molar-refractivity contribution is 0.000499. The quantitative estimate of drug-likeness (QED) is 0.932. The first kappa shape index (κ1) is 15.2. The van der Waals surface area contributed by atoms with Gasteiger partial charge in [-0.05, 0) is 79.7 Å². The summed E-state index contributed by atoms with van der Waals surface area (Å²) in [5.41, 5.74) is 9.13. The molecule has 1 aromatic rings. The van der Waals surface area contributed by atoms with E-state index < -0.39 is 0 Å². The first-order valence-electron chi connectivity index (χ1n) is 9.11. The first-order chi connectivity index (χ1) is 10.9. The van der Waals surface area contributed by atoms with E-state index in [0.717, 1.165) is 18.4 Å². The molecule has 3 heteroatoms. The molecule has 0 spiro atoms. The summed E-state index contributed by atoms with van der Waals surface area (Å²) in [5.74, 6) is 1.23. The fourth-order valence-corrected chi connectivity index (χ4v) is 5.16. The van der Waals surface area contributed by atoms with Gasteiger partial charge in [0, 0.05) is 17.6 Å². The molecule has 2 N–H and O–H groups in total. The lowest BCUT2D eigenvalue weighted by atomic mass is 9.58. The molecule has 2 aliphatic carbocycles. The minimum absolute atomic E-state index is 0.170. The summed E-state index contributed by atoms with van der Waals surface area (Å²) >= 11 is 0. The molecule has 2 bridgehead atoms. The second-order valence-electron chi connectivity index (χ2n) is 8.28. The van der Waals surface area contributed by atoms with Crippen LogP contribution in [0.15, 0.2) is 18.2 Å². The SMILES string of the molecule is C[C@@H](C1CC1)N1CC[C@]2(C)c3cc(C(N)=O)ccc3CC1[C@@H]2C. The number of fused-ring (bicyclic) bond motifs is 4. The Morgan fingerprint density at radius 2 is 2.13 bits per heavy atom. The molecule has 124 valence electrons. The van der Waals surface area contributed by atoms with Gasteiger partial charge in [0.15, 0.2) is 0 Å². The molecule has 3 nitrogen and oxygen atoms in total. The normalized spacial score (nSPS) is 34.7. The molecule has 4 atom stereocenters. The third-order valence-corrected chi connectivity index (χ3v) is 7.16. The van der Waals surface area contributed by atoms with Crippen LogP contribution in [0.2, 0.25) is 0 Å². The number of nitrogens with zero attached hydrogens (tertiary/aromatic N) is 1. The number of carbonyl (C=O) groups excluding carboxylic acids is 1. The average molecular weight is 312 g/mol. The van der Waals surface area contributed by atoms with Crippen molar-refractivity contribution in [1.29, 1.82) is 0 Å². The zero-order valence-corrected chi connectivity index (χ0v) is 14.5. The second kappa shape index (κ2) is 5.07. The molecule has 1 aliphatic heterocycles. The number of carbonyl (C=O) groups is 1. The second-order valence-corrected chi connectivity index (χ2v) is 8.28. The van der Waals surface area contributed by atoms with Crippen molar-refractivity contribution in [2.45, 2.75) is 64.0 Å². The topological polar surface area (TPSA) is 46.3 Å². The number of piperidine rings is 1. The molecule has 1 amide bonds. The van der Waals surface area contributed by atoms with Gasteiger partial charge in [-0.3, -0.25) is 9.69 Å². The van der Waals surface area contributed by atoms with E-state index in [0.29, 0.717) is 17.5 Å². The number of nitrogens with two attached hydrogens (primary N) is 1. The number of hydrogen-bond donors (Lipinski definition) is 1. The molecule has 2 fully saturated rings. The summed E-state index contributed by atoms with van der Waals surface area (Å²) in [6.45, 7) is 8.42. The molecule has 1 saturated carbocycles. The summed E-state index contributed by atoms with van der Waals surface area (Å²) in [5, 5.41) is 0. The van der Waals surface area contributed by atoms with Crippen molar-refractivity contribution in [3.63, 3.8) is 0 Å². The van der Waals surface area contributed by atoms with E-state index in [-0.39, 0.29) is 11.3 Å². The van der Waals surface area contributed by atoms with Crippen LogP contribution < -0.4 is 5.73 Å². The van der Waals surface area contributed by atoms with Crippen LogP contribution >= 0.6 is 0 Å². The van der Waals surface area contributed by atoms with Crippen LogP contribution in [0.4, 0.5) is 0 Å². The van der Waals surface area contributed by atoms with E-state index in [1.807, 2.05) is 6.07 Å². The van der Waals surface area contributed by atoms with Gasteiger partial charge in [-0.2, -0.15) is 0 Å². The Morgan fingerprint density at radius 1 is 1.39 bits per heavy atom. The van der Waals surface area contributed by atoms with Gasteiger partial charge in [-0.1, -0.05) is 19.9 Å². The molecule has 1 unspecified atom stereocenters. The lowest BCUT2D eigenvalue weighted by Gasteiger charge is -2.56. The van der Waals surface area contributed by atoms with Crippen LogP contribution in [0.5, 0.6) is 0 Å². The van der Waals surface area contributed by atoms with Gasteiger partial charge in [-0.25, -0.2) is 0 Å². The molecule has 3 aliphatic rings. The van der Waals surface area contributed by atoms with E-state index in [1.165, 1.54) is 36.9 Å². The summed E-state index contributed by atoms with van der Waals surface area (Å²) in [6.07, 6.45) is 5.11. The number of rotatable bonds is 3. The van der Waals surface area contributed by atoms with Crippen molar-refractivity contribution in [2.75, 3.05) is 6.54 Å². The highest BCUT2D eigenvalue weighted by Crippen LogP contribution is 2.50. The predicted molar refractivity (Wildman–Crippen MR) is 92.5 cm³/mol. The maximum absolute atomic E-state index is 11.6. The van der Waals surface area contributed by atoms with E-state index in [2.05, 4.69) is 37.8 Å². The van der Waals surface area contributed by atoms with Crippen LogP contribution in [0.1, 0.15) is 61.5 Å². The van der Waals surface area contributed by atoms with Crippen molar-refractivity contribution in [2.24, 2.45) is 17.6 Å². The molecule has 0 radical (unpaired) electrons. The van der Waals surface area contributed by atoms with Crippen LogP contribution in [-0.4, -0.2) is 29.4 Å². The van der Waals surface area contributed by atoms with E-state index >= 15 is 0 Å². The number of benzene rings is 1. The van der Waals surface area contributed by atoms with Crippen molar-refractivity contribution in [1.82, 2.24) is 4.90 Å². The third-order valence-electron chi connectivity index (χ3n) is 7.16. The minimum atomic E-state index is -0.314. The number of primary amides is 1. The lowest BCUT2D eigenvalue weighted by Crippen LogP contribution is -2.60.